The molecule has 1 aromatic carbocycles. The van der Waals surface area contributed by atoms with Crippen LogP contribution in [0.1, 0.15) is 30.1 Å². The maximum Gasteiger partial charge on any atom is 0.226 e. The number of carbonyl (C=O) groups is 1. The summed E-state index contributed by atoms with van der Waals surface area (Å²) < 4.78 is 0. The van der Waals surface area contributed by atoms with Gasteiger partial charge in [-0.15, -0.1) is 11.3 Å². The van der Waals surface area contributed by atoms with Crippen molar-refractivity contribution in [1.82, 2.24) is 10.3 Å². The van der Waals surface area contributed by atoms with Crippen LogP contribution >= 0.6 is 11.3 Å². The van der Waals surface area contributed by atoms with Crippen LogP contribution in [0.3, 0.4) is 0 Å². The van der Waals surface area contributed by atoms with Gasteiger partial charge in [0.2, 0.25) is 5.91 Å². The van der Waals surface area contributed by atoms with Crippen molar-refractivity contribution < 1.29 is 9.90 Å². The van der Waals surface area contributed by atoms with Gasteiger partial charge in [0.1, 0.15) is 0 Å². The van der Waals surface area contributed by atoms with Gasteiger partial charge in [0.05, 0.1) is 29.3 Å². The molecular formula is C16H20N2O2S. The normalized spacial score (nSPS) is 11.4. The van der Waals surface area contributed by atoms with E-state index in [0.29, 0.717) is 0 Å². The Bertz CT molecular complexity index is 593. The minimum Gasteiger partial charge on any atom is -0.394 e. The smallest absolute Gasteiger partial charge is 0.226 e. The number of nitrogens with one attached hydrogen (secondary N) is 1. The van der Waals surface area contributed by atoms with Crippen molar-refractivity contribution in [3.8, 4) is 0 Å². The number of nitrogens with zero attached hydrogens (tertiary/aromatic N) is 1. The third-order valence-electron chi connectivity index (χ3n) is 3.01. The molecule has 0 fully saturated rings. The molecule has 2 N–H and O–H groups in total. The first-order valence-electron chi connectivity index (χ1n) is 6.87. The van der Waals surface area contributed by atoms with Crippen LogP contribution in [0.2, 0.25) is 0 Å². The summed E-state index contributed by atoms with van der Waals surface area (Å²) in [6.45, 7) is 3.48. The third kappa shape index (κ3) is 4.95. The first kappa shape index (κ1) is 15.7. The molecule has 5 heteroatoms. The Morgan fingerprint density at radius 3 is 2.71 bits per heavy atom. The van der Waals surface area contributed by atoms with E-state index in [1.807, 2.05) is 23.6 Å². The maximum absolute atomic E-state index is 11.9. The second kappa shape index (κ2) is 6.83. The Morgan fingerprint density at radius 1 is 1.33 bits per heavy atom. The molecule has 0 atom stereocenters. The summed E-state index contributed by atoms with van der Waals surface area (Å²) in [5.41, 5.74) is 1.39. The van der Waals surface area contributed by atoms with E-state index in [9.17, 15) is 4.79 Å². The Morgan fingerprint density at radius 2 is 2.05 bits per heavy atom. The van der Waals surface area contributed by atoms with E-state index < -0.39 is 5.54 Å². The van der Waals surface area contributed by atoms with Crippen molar-refractivity contribution in [2.45, 2.75) is 32.2 Å². The highest BCUT2D eigenvalue weighted by molar-refractivity contribution is 7.09. The highest BCUT2D eigenvalue weighted by atomic mass is 32.1. The molecule has 2 aromatic rings. The number of aliphatic hydroxyl groups excluding tert-OH is 1. The van der Waals surface area contributed by atoms with Crippen LogP contribution in [-0.2, 0) is 17.6 Å². The topological polar surface area (TPSA) is 62.2 Å². The molecule has 2 rings (SSSR count). The number of rotatable bonds is 6. The number of benzene rings is 1. The van der Waals surface area contributed by atoms with Crippen molar-refractivity contribution in [2.24, 2.45) is 0 Å². The fourth-order valence-corrected chi connectivity index (χ4v) is 2.74. The number of hydrogen-bond donors (Lipinski definition) is 2. The average molecular weight is 304 g/mol. The lowest BCUT2D eigenvalue weighted by Gasteiger charge is -2.23. The van der Waals surface area contributed by atoms with Crippen LogP contribution in [0.5, 0.6) is 0 Å². The molecule has 1 amide bonds. The van der Waals surface area contributed by atoms with E-state index in [-0.39, 0.29) is 18.9 Å². The Hall–Kier alpha value is -1.72. The molecule has 1 heterocycles. The van der Waals surface area contributed by atoms with Gasteiger partial charge in [0, 0.05) is 11.8 Å². The van der Waals surface area contributed by atoms with E-state index in [4.69, 9.17) is 5.11 Å². The highest BCUT2D eigenvalue weighted by Gasteiger charge is 2.19. The van der Waals surface area contributed by atoms with Crippen molar-refractivity contribution in [3.05, 3.63) is 52.0 Å². The van der Waals surface area contributed by atoms with Gasteiger partial charge in [0.15, 0.2) is 0 Å². The minimum atomic E-state index is -0.597. The molecule has 0 saturated carbocycles. The standard InChI is InChI=1S/C16H20N2O2S/c1-16(2,11-19)18-14(20)9-13-10-21-15(17-13)8-12-6-4-3-5-7-12/h3-7,10,19H,8-9,11H2,1-2H3,(H,18,20). The largest absolute Gasteiger partial charge is 0.394 e. The number of thiazole rings is 1. The van der Waals surface area contributed by atoms with E-state index >= 15 is 0 Å². The Balaban J connectivity index is 1.93. The van der Waals surface area contributed by atoms with Gasteiger partial charge in [-0.2, -0.15) is 0 Å². The second-order valence-electron chi connectivity index (χ2n) is 5.66. The van der Waals surface area contributed by atoms with Crippen LogP contribution in [-0.4, -0.2) is 28.1 Å². The molecule has 0 bridgehead atoms. The molecule has 21 heavy (non-hydrogen) atoms. The lowest BCUT2D eigenvalue weighted by atomic mass is 10.1. The zero-order valence-corrected chi connectivity index (χ0v) is 13.1. The van der Waals surface area contributed by atoms with Crippen molar-refractivity contribution >= 4 is 17.2 Å². The number of hydrogen-bond acceptors (Lipinski definition) is 4. The van der Waals surface area contributed by atoms with Gasteiger partial charge in [-0.05, 0) is 19.4 Å². The summed E-state index contributed by atoms with van der Waals surface area (Å²) in [5, 5.41) is 14.9. The van der Waals surface area contributed by atoms with Crippen molar-refractivity contribution in [2.75, 3.05) is 6.61 Å². The van der Waals surface area contributed by atoms with Crippen molar-refractivity contribution in [1.29, 1.82) is 0 Å². The Kier molecular flexibility index (Phi) is 5.09. The third-order valence-corrected chi connectivity index (χ3v) is 3.91. The number of amides is 1. The van der Waals surface area contributed by atoms with Gasteiger partial charge in [-0.1, -0.05) is 30.3 Å². The average Bonchev–Trinajstić information content (AvgIpc) is 2.86. The monoisotopic (exact) mass is 304 g/mol. The quantitative estimate of drug-likeness (QED) is 0.859. The first-order valence-corrected chi connectivity index (χ1v) is 7.75. The number of aromatic nitrogens is 1. The summed E-state index contributed by atoms with van der Waals surface area (Å²) in [7, 11) is 0. The minimum absolute atomic E-state index is 0.0882. The van der Waals surface area contributed by atoms with Crippen LogP contribution < -0.4 is 5.32 Å². The molecule has 0 aliphatic heterocycles. The summed E-state index contributed by atoms with van der Waals surface area (Å²) in [6.07, 6.45) is 1.03. The molecule has 1 aromatic heterocycles. The zero-order chi connectivity index (χ0) is 15.3. The van der Waals surface area contributed by atoms with Crippen LogP contribution in [0.15, 0.2) is 35.7 Å². The lowest BCUT2D eigenvalue weighted by Crippen LogP contribution is -2.46. The predicted molar refractivity (Wildman–Crippen MR) is 84.4 cm³/mol. The van der Waals surface area contributed by atoms with Gasteiger partial charge in [-0.3, -0.25) is 4.79 Å². The van der Waals surface area contributed by atoms with Crippen molar-refractivity contribution in [3.63, 3.8) is 0 Å². The number of aliphatic hydroxyl groups is 1. The fraction of sp³-hybridized carbons (Fsp3) is 0.375. The van der Waals surface area contributed by atoms with E-state index in [0.717, 1.165) is 17.1 Å². The van der Waals surface area contributed by atoms with E-state index in [1.165, 1.54) is 5.56 Å². The van der Waals surface area contributed by atoms with Crippen LogP contribution in [0.25, 0.3) is 0 Å². The maximum atomic E-state index is 11.9. The Labute approximate surface area is 128 Å². The van der Waals surface area contributed by atoms with Gasteiger partial charge < -0.3 is 10.4 Å². The van der Waals surface area contributed by atoms with Crippen LogP contribution in [0.4, 0.5) is 0 Å². The molecule has 0 unspecified atom stereocenters. The number of carbonyl (C=O) groups excluding carboxylic acids is 1. The summed E-state index contributed by atoms with van der Waals surface area (Å²) in [4.78, 5) is 16.4. The highest BCUT2D eigenvalue weighted by Crippen LogP contribution is 2.15. The summed E-state index contributed by atoms with van der Waals surface area (Å²) >= 11 is 1.57. The molecule has 0 saturated heterocycles. The molecule has 4 nitrogen and oxygen atoms in total. The lowest BCUT2D eigenvalue weighted by molar-refractivity contribution is -0.122. The first-order chi connectivity index (χ1) is 9.98. The van der Waals surface area contributed by atoms with Gasteiger partial charge in [-0.25, -0.2) is 4.98 Å². The van der Waals surface area contributed by atoms with E-state index in [2.05, 4.69) is 22.4 Å². The predicted octanol–water partition coefficient (Wildman–Crippen LogP) is 2.16. The fourth-order valence-electron chi connectivity index (χ4n) is 1.91. The molecular weight excluding hydrogens is 284 g/mol. The van der Waals surface area contributed by atoms with Gasteiger partial charge >= 0.3 is 0 Å². The van der Waals surface area contributed by atoms with Crippen LogP contribution in [0, 0.1) is 0 Å². The zero-order valence-electron chi connectivity index (χ0n) is 12.3. The molecule has 0 radical (unpaired) electrons. The molecule has 112 valence electrons. The van der Waals surface area contributed by atoms with E-state index in [1.54, 1.807) is 25.2 Å². The van der Waals surface area contributed by atoms with Gasteiger partial charge in [0.25, 0.3) is 0 Å². The SMILES string of the molecule is CC(C)(CO)NC(=O)Cc1csc(Cc2ccccc2)n1. The molecule has 0 aliphatic rings. The second-order valence-corrected chi connectivity index (χ2v) is 6.60. The molecule has 0 aliphatic carbocycles. The molecule has 0 spiro atoms. The summed E-state index contributed by atoms with van der Waals surface area (Å²) in [5.74, 6) is -0.120. The summed E-state index contributed by atoms with van der Waals surface area (Å²) in [6, 6.07) is 10.1.